The molecule has 1 saturated heterocycles. The van der Waals surface area contributed by atoms with E-state index in [1.165, 1.54) is 12.8 Å². The molecule has 1 amide bonds. The number of carbonyl (C=O) groups excluding carboxylic acids is 1. The van der Waals surface area contributed by atoms with Crippen molar-refractivity contribution in [2.75, 3.05) is 25.4 Å². The summed E-state index contributed by atoms with van der Waals surface area (Å²) in [6.45, 7) is 3.44. The molecule has 1 saturated carbocycles. The van der Waals surface area contributed by atoms with E-state index >= 15 is 0 Å². The van der Waals surface area contributed by atoms with Gasteiger partial charge in [0.1, 0.15) is 11.4 Å². The molecule has 2 aliphatic heterocycles. The van der Waals surface area contributed by atoms with Crippen molar-refractivity contribution >= 4 is 15.9 Å². The minimum Gasteiger partial charge on any atom is -0.487 e. The molecular formula is C21H30N2O4S. The van der Waals surface area contributed by atoms with Gasteiger partial charge in [0, 0.05) is 44.8 Å². The van der Waals surface area contributed by atoms with Crippen LogP contribution >= 0.6 is 0 Å². The van der Waals surface area contributed by atoms with Gasteiger partial charge in [-0.25, -0.2) is 12.7 Å². The summed E-state index contributed by atoms with van der Waals surface area (Å²) in [5, 5.41) is 3.08. The maximum atomic E-state index is 12.5. The molecule has 154 valence electrons. The fourth-order valence-electron chi connectivity index (χ4n) is 4.46. The van der Waals surface area contributed by atoms with Crippen molar-refractivity contribution < 1.29 is 17.9 Å². The van der Waals surface area contributed by atoms with Crippen LogP contribution < -0.4 is 10.1 Å². The Balaban J connectivity index is 1.47. The van der Waals surface area contributed by atoms with Gasteiger partial charge >= 0.3 is 0 Å². The van der Waals surface area contributed by atoms with Crippen LogP contribution in [0.1, 0.15) is 56.9 Å². The molecule has 6 nitrogen and oxygen atoms in total. The molecule has 2 fully saturated rings. The number of rotatable bonds is 6. The summed E-state index contributed by atoms with van der Waals surface area (Å²) in [5.41, 5.74) is 0.716. The number of benzene rings is 1. The lowest BCUT2D eigenvalue weighted by molar-refractivity contribution is -0.122. The Labute approximate surface area is 167 Å². The molecule has 1 spiro atoms. The third-order valence-electron chi connectivity index (χ3n) is 6.41. The van der Waals surface area contributed by atoms with Gasteiger partial charge in [0.05, 0.1) is 5.75 Å². The van der Waals surface area contributed by atoms with E-state index in [9.17, 15) is 13.2 Å². The lowest BCUT2D eigenvalue weighted by atomic mass is 9.76. The van der Waals surface area contributed by atoms with E-state index < -0.39 is 10.0 Å². The fraction of sp³-hybridized carbons (Fsp3) is 0.667. The highest BCUT2D eigenvalue weighted by atomic mass is 32.2. The first-order chi connectivity index (χ1) is 13.4. The number of hydrogen-bond donors (Lipinski definition) is 1. The Morgan fingerprint density at radius 2 is 1.96 bits per heavy atom. The number of carbonyl (C=O) groups is 1. The van der Waals surface area contributed by atoms with Crippen molar-refractivity contribution in [2.45, 2.75) is 57.0 Å². The molecule has 2 heterocycles. The van der Waals surface area contributed by atoms with E-state index in [2.05, 4.69) is 11.4 Å². The SMILES string of the molecule is CCS(=O)(=O)N1CCC2(CC1)C[C@@H](CC(=O)NCC1CC1)c1ccccc1O2. The molecule has 7 heteroatoms. The quantitative estimate of drug-likeness (QED) is 0.788. The summed E-state index contributed by atoms with van der Waals surface area (Å²) < 4.78 is 32.4. The Kier molecular flexibility index (Phi) is 5.40. The normalized spacial score (nSPS) is 24.4. The van der Waals surface area contributed by atoms with Crippen molar-refractivity contribution in [2.24, 2.45) is 5.92 Å². The number of hydrogen-bond acceptors (Lipinski definition) is 4. The number of amides is 1. The Bertz CT molecular complexity index is 827. The molecule has 0 radical (unpaired) electrons. The van der Waals surface area contributed by atoms with Crippen LogP contribution in [-0.4, -0.2) is 49.6 Å². The Morgan fingerprint density at radius 1 is 1.25 bits per heavy atom. The predicted molar refractivity (Wildman–Crippen MR) is 108 cm³/mol. The molecule has 1 aromatic rings. The zero-order valence-corrected chi connectivity index (χ0v) is 17.3. The number of para-hydroxylation sites is 1. The van der Waals surface area contributed by atoms with Gasteiger partial charge in [-0.2, -0.15) is 0 Å². The average Bonchev–Trinajstić information content (AvgIpc) is 3.51. The lowest BCUT2D eigenvalue weighted by Crippen LogP contribution is -2.52. The predicted octanol–water partition coefficient (Wildman–Crippen LogP) is 2.65. The summed E-state index contributed by atoms with van der Waals surface area (Å²) in [5.74, 6) is 1.86. The van der Waals surface area contributed by atoms with E-state index in [-0.39, 0.29) is 23.2 Å². The first-order valence-electron chi connectivity index (χ1n) is 10.4. The maximum Gasteiger partial charge on any atom is 0.220 e. The van der Waals surface area contributed by atoms with Crippen molar-refractivity contribution in [3.63, 3.8) is 0 Å². The second-order valence-corrected chi connectivity index (χ2v) is 10.7. The second kappa shape index (κ2) is 7.67. The van der Waals surface area contributed by atoms with Gasteiger partial charge in [0.15, 0.2) is 0 Å². The lowest BCUT2D eigenvalue weighted by Gasteiger charge is -2.46. The van der Waals surface area contributed by atoms with Crippen molar-refractivity contribution in [3.8, 4) is 5.75 Å². The highest BCUT2D eigenvalue weighted by Gasteiger charge is 2.45. The zero-order valence-electron chi connectivity index (χ0n) is 16.5. The van der Waals surface area contributed by atoms with Crippen LogP contribution in [0, 0.1) is 5.92 Å². The van der Waals surface area contributed by atoms with Crippen molar-refractivity contribution in [1.82, 2.24) is 9.62 Å². The van der Waals surface area contributed by atoms with Gasteiger partial charge in [0.2, 0.25) is 15.9 Å². The number of fused-ring (bicyclic) bond motifs is 1. The molecule has 1 aromatic carbocycles. The molecule has 1 aliphatic carbocycles. The summed E-state index contributed by atoms with van der Waals surface area (Å²) in [6, 6.07) is 7.97. The van der Waals surface area contributed by atoms with Crippen LogP contribution in [0.4, 0.5) is 0 Å². The number of sulfonamides is 1. The second-order valence-electron chi connectivity index (χ2n) is 8.48. The third-order valence-corrected chi connectivity index (χ3v) is 8.29. The molecule has 3 aliphatic rings. The Hall–Kier alpha value is -1.60. The molecule has 1 N–H and O–H groups in total. The van der Waals surface area contributed by atoms with Crippen LogP contribution in [0.15, 0.2) is 24.3 Å². The minimum atomic E-state index is -3.17. The van der Waals surface area contributed by atoms with Gasteiger partial charge in [-0.1, -0.05) is 18.2 Å². The van der Waals surface area contributed by atoms with E-state index in [0.717, 1.165) is 24.3 Å². The van der Waals surface area contributed by atoms with Crippen molar-refractivity contribution in [1.29, 1.82) is 0 Å². The van der Waals surface area contributed by atoms with Gasteiger partial charge in [-0.15, -0.1) is 0 Å². The van der Waals surface area contributed by atoms with E-state index in [4.69, 9.17) is 4.74 Å². The van der Waals surface area contributed by atoms with E-state index in [0.29, 0.717) is 38.3 Å². The Morgan fingerprint density at radius 3 is 2.64 bits per heavy atom. The summed E-state index contributed by atoms with van der Waals surface area (Å²) in [4.78, 5) is 12.5. The largest absolute Gasteiger partial charge is 0.487 e. The van der Waals surface area contributed by atoms with E-state index in [1.807, 2.05) is 18.2 Å². The van der Waals surface area contributed by atoms with Crippen LogP contribution in [0.25, 0.3) is 0 Å². The van der Waals surface area contributed by atoms with Crippen LogP contribution in [-0.2, 0) is 14.8 Å². The molecule has 0 aromatic heterocycles. The zero-order chi connectivity index (χ0) is 19.8. The summed E-state index contributed by atoms with van der Waals surface area (Å²) in [7, 11) is -3.17. The smallest absolute Gasteiger partial charge is 0.220 e. The number of ether oxygens (including phenoxy) is 1. The molecule has 0 unspecified atom stereocenters. The van der Waals surface area contributed by atoms with Gasteiger partial charge < -0.3 is 10.1 Å². The van der Waals surface area contributed by atoms with Gasteiger partial charge in [-0.05, 0) is 43.7 Å². The van der Waals surface area contributed by atoms with Gasteiger partial charge in [-0.3, -0.25) is 4.79 Å². The van der Waals surface area contributed by atoms with Crippen LogP contribution in [0.3, 0.4) is 0 Å². The maximum absolute atomic E-state index is 12.5. The van der Waals surface area contributed by atoms with E-state index in [1.54, 1.807) is 11.2 Å². The highest BCUT2D eigenvalue weighted by molar-refractivity contribution is 7.89. The topological polar surface area (TPSA) is 75.7 Å². The number of piperidine rings is 1. The molecule has 4 rings (SSSR count). The first kappa shape index (κ1) is 19.7. The van der Waals surface area contributed by atoms with Crippen LogP contribution in [0.2, 0.25) is 0 Å². The average molecular weight is 407 g/mol. The minimum absolute atomic E-state index is 0.106. The highest BCUT2D eigenvalue weighted by Crippen LogP contribution is 2.46. The molecular weight excluding hydrogens is 376 g/mol. The van der Waals surface area contributed by atoms with Gasteiger partial charge in [0.25, 0.3) is 0 Å². The first-order valence-corrected chi connectivity index (χ1v) is 12.0. The standard InChI is InChI=1S/C21H30N2O4S/c1-2-28(25,26)23-11-9-21(10-12-23)14-17(13-20(24)22-15-16-7-8-16)18-5-3-4-6-19(18)27-21/h3-6,16-17H,2,7-15H2,1H3,(H,22,24)/t17-/m1/s1. The van der Waals surface area contributed by atoms with Crippen molar-refractivity contribution in [3.05, 3.63) is 29.8 Å². The van der Waals surface area contributed by atoms with Crippen LogP contribution in [0.5, 0.6) is 5.75 Å². The molecule has 0 bridgehead atoms. The number of nitrogens with zero attached hydrogens (tertiary/aromatic N) is 1. The molecule has 28 heavy (non-hydrogen) atoms. The third kappa shape index (κ3) is 4.20. The number of nitrogens with one attached hydrogen (secondary N) is 1. The summed E-state index contributed by atoms with van der Waals surface area (Å²) >= 11 is 0. The fourth-order valence-corrected chi connectivity index (χ4v) is 5.57. The monoisotopic (exact) mass is 406 g/mol. The molecule has 1 atom stereocenters. The summed E-state index contributed by atoms with van der Waals surface area (Å²) in [6.07, 6.45) is 5.01.